The van der Waals surface area contributed by atoms with Crippen molar-refractivity contribution in [2.24, 2.45) is 0 Å². The summed E-state index contributed by atoms with van der Waals surface area (Å²) in [5.41, 5.74) is 2.85. The number of benzene rings is 2. The number of piperidine rings is 1. The van der Waals surface area contributed by atoms with Crippen molar-refractivity contribution in [3.05, 3.63) is 66.1 Å². The van der Waals surface area contributed by atoms with Crippen molar-refractivity contribution in [1.29, 1.82) is 0 Å². The van der Waals surface area contributed by atoms with Gasteiger partial charge in [-0.3, -0.25) is 0 Å². The molecule has 0 unspecified atom stereocenters. The van der Waals surface area contributed by atoms with E-state index >= 15 is 0 Å². The predicted molar refractivity (Wildman–Crippen MR) is 96.2 cm³/mol. The molecule has 0 atom stereocenters. The molecule has 25 heavy (non-hydrogen) atoms. The summed E-state index contributed by atoms with van der Waals surface area (Å²) in [5, 5.41) is 2.99. The fourth-order valence-corrected chi connectivity index (χ4v) is 3.28. The molecule has 3 aromatic rings. The van der Waals surface area contributed by atoms with Gasteiger partial charge in [-0.2, -0.15) is 0 Å². The molecule has 2 amide bonds. The third-order valence-electron chi connectivity index (χ3n) is 4.73. The molecule has 1 N–H and O–H groups in total. The Morgan fingerprint density at radius 1 is 1.08 bits per heavy atom. The van der Waals surface area contributed by atoms with E-state index in [0.29, 0.717) is 6.54 Å². The van der Waals surface area contributed by atoms with Crippen LogP contribution in [0.3, 0.4) is 0 Å². The van der Waals surface area contributed by atoms with Gasteiger partial charge in [-0.1, -0.05) is 42.5 Å². The van der Waals surface area contributed by atoms with Crippen molar-refractivity contribution >= 4 is 17.1 Å². The lowest BCUT2D eigenvalue weighted by Gasteiger charge is -2.30. The zero-order valence-corrected chi connectivity index (χ0v) is 14.0. The van der Waals surface area contributed by atoms with Crippen LogP contribution in [0.4, 0.5) is 4.79 Å². The van der Waals surface area contributed by atoms with E-state index in [0.717, 1.165) is 48.5 Å². The fourth-order valence-electron chi connectivity index (χ4n) is 3.28. The Labute approximate surface area is 146 Å². The largest absolute Gasteiger partial charge is 0.440 e. The van der Waals surface area contributed by atoms with Crippen molar-refractivity contribution in [1.82, 2.24) is 15.2 Å². The SMILES string of the molecule is O=C(NCc1ccccc1)N1CCC(c2nc3ccccc3o2)CC1. The number of rotatable bonds is 3. The first kappa shape index (κ1) is 15.7. The molecule has 0 bridgehead atoms. The Bertz CT molecular complexity index is 819. The monoisotopic (exact) mass is 335 g/mol. The summed E-state index contributed by atoms with van der Waals surface area (Å²) < 4.78 is 5.88. The van der Waals surface area contributed by atoms with Gasteiger partial charge in [-0.05, 0) is 30.5 Å². The number of urea groups is 1. The van der Waals surface area contributed by atoms with Crippen LogP contribution in [0, 0.1) is 0 Å². The number of oxazole rings is 1. The van der Waals surface area contributed by atoms with Gasteiger partial charge < -0.3 is 14.6 Å². The van der Waals surface area contributed by atoms with Crippen molar-refractivity contribution < 1.29 is 9.21 Å². The lowest BCUT2D eigenvalue weighted by atomic mass is 9.97. The van der Waals surface area contributed by atoms with Gasteiger partial charge in [0.1, 0.15) is 5.52 Å². The third kappa shape index (κ3) is 3.50. The number of aromatic nitrogens is 1. The number of fused-ring (bicyclic) bond motifs is 1. The molecule has 5 nitrogen and oxygen atoms in total. The molecule has 1 aliphatic heterocycles. The highest BCUT2D eigenvalue weighted by Crippen LogP contribution is 2.29. The van der Waals surface area contributed by atoms with Crippen molar-refractivity contribution in [2.75, 3.05) is 13.1 Å². The summed E-state index contributed by atoms with van der Waals surface area (Å²) in [7, 11) is 0. The Hall–Kier alpha value is -2.82. The lowest BCUT2D eigenvalue weighted by Crippen LogP contribution is -2.43. The molecular weight excluding hydrogens is 314 g/mol. The summed E-state index contributed by atoms with van der Waals surface area (Å²) in [6.45, 7) is 2.01. The van der Waals surface area contributed by atoms with Crippen molar-refractivity contribution in [3.8, 4) is 0 Å². The Kier molecular flexibility index (Phi) is 4.37. The van der Waals surface area contributed by atoms with Crippen molar-refractivity contribution in [2.45, 2.75) is 25.3 Å². The zero-order valence-electron chi connectivity index (χ0n) is 14.0. The van der Waals surface area contributed by atoms with Crippen LogP contribution >= 0.6 is 0 Å². The molecule has 1 aromatic heterocycles. The molecule has 1 saturated heterocycles. The second-order valence-corrected chi connectivity index (χ2v) is 6.43. The third-order valence-corrected chi connectivity index (χ3v) is 4.73. The standard InChI is InChI=1S/C20H21N3O2/c24-20(21-14-15-6-2-1-3-7-15)23-12-10-16(11-13-23)19-22-17-8-4-5-9-18(17)25-19/h1-9,16H,10-14H2,(H,21,24). The minimum absolute atomic E-state index is 0.000122. The molecule has 0 saturated carbocycles. The van der Waals surface area contributed by atoms with E-state index in [1.165, 1.54) is 0 Å². The van der Waals surface area contributed by atoms with Gasteiger partial charge in [0.25, 0.3) is 0 Å². The Balaban J connectivity index is 1.32. The van der Waals surface area contributed by atoms with Gasteiger partial charge in [0.15, 0.2) is 11.5 Å². The number of nitrogens with one attached hydrogen (secondary N) is 1. The van der Waals surface area contributed by atoms with E-state index < -0.39 is 0 Å². The minimum Gasteiger partial charge on any atom is -0.440 e. The Morgan fingerprint density at radius 2 is 1.80 bits per heavy atom. The van der Waals surface area contributed by atoms with E-state index in [1.54, 1.807) is 0 Å². The maximum absolute atomic E-state index is 12.3. The van der Waals surface area contributed by atoms with Gasteiger partial charge in [0.05, 0.1) is 0 Å². The fraction of sp³-hybridized carbons (Fsp3) is 0.300. The molecule has 5 heteroatoms. The van der Waals surface area contributed by atoms with Crippen LogP contribution in [0.2, 0.25) is 0 Å². The second kappa shape index (κ2) is 6.97. The first-order valence-corrected chi connectivity index (χ1v) is 8.72. The summed E-state index contributed by atoms with van der Waals surface area (Å²) in [6.07, 6.45) is 1.76. The molecule has 2 aromatic carbocycles. The number of amides is 2. The first-order valence-electron chi connectivity index (χ1n) is 8.72. The van der Waals surface area contributed by atoms with E-state index in [4.69, 9.17) is 4.42 Å². The molecule has 0 spiro atoms. The van der Waals surface area contributed by atoms with E-state index in [1.807, 2.05) is 59.5 Å². The Morgan fingerprint density at radius 3 is 2.56 bits per heavy atom. The highest BCUT2D eigenvalue weighted by atomic mass is 16.3. The van der Waals surface area contributed by atoms with Crippen LogP contribution in [0.15, 0.2) is 59.0 Å². The van der Waals surface area contributed by atoms with Gasteiger partial charge in [0, 0.05) is 25.6 Å². The molecule has 1 fully saturated rings. The number of carbonyl (C=O) groups is 1. The lowest BCUT2D eigenvalue weighted by molar-refractivity contribution is 0.177. The molecule has 4 rings (SSSR count). The average Bonchev–Trinajstić information content (AvgIpc) is 3.11. The molecule has 0 aliphatic carbocycles. The van der Waals surface area contributed by atoms with Crippen LogP contribution in [0.25, 0.3) is 11.1 Å². The zero-order chi connectivity index (χ0) is 17.1. The smallest absolute Gasteiger partial charge is 0.317 e. The molecule has 2 heterocycles. The van der Waals surface area contributed by atoms with Gasteiger partial charge in [-0.25, -0.2) is 9.78 Å². The topological polar surface area (TPSA) is 58.4 Å². The number of likely N-dealkylation sites (tertiary alicyclic amines) is 1. The average molecular weight is 335 g/mol. The first-order chi connectivity index (χ1) is 12.3. The molecular formula is C20H21N3O2. The quantitative estimate of drug-likeness (QED) is 0.789. The second-order valence-electron chi connectivity index (χ2n) is 6.43. The van der Waals surface area contributed by atoms with Crippen LogP contribution in [0.1, 0.15) is 30.2 Å². The van der Waals surface area contributed by atoms with Crippen molar-refractivity contribution in [3.63, 3.8) is 0 Å². The minimum atomic E-state index is -0.000122. The number of nitrogens with zero attached hydrogens (tertiary/aromatic N) is 2. The number of hydrogen-bond acceptors (Lipinski definition) is 3. The van der Waals surface area contributed by atoms with Crippen LogP contribution in [0.5, 0.6) is 0 Å². The van der Waals surface area contributed by atoms with Crippen LogP contribution < -0.4 is 5.32 Å². The summed E-state index contributed by atoms with van der Waals surface area (Å²) in [4.78, 5) is 18.8. The number of para-hydroxylation sites is 2. The number of hydrogen-bond donors (Lipinski definition) is 1. The molecule has 128 valence electrons. The van der Waals surface area contributed by atoms with Crippen LogP contribution in [-0.4, -0.2) is 29.0 Å². The van der Waals surface area contributed by atoms with E-state index in [9.17, 15) is 4.79 Å². The highest BCUT2D eigenvalue weighted by Gasteiger charge is 2.26. The summed E-state index contributed by atoms with van der Waals surface area (Å²) in [5.74, 6) is 1.08. The van der Waals surface area contributed by atoms with Crippen LogP contribution in [-0.2, 0) is 6.54 Å². The van der Waals surface area contributed by atoms with Gasteiger partial charge in [-0.15, -0.1) is 0 Å². The predicted octanol–water partition coefficient (Wildman–Crippen LogP) is 3.92. The molecule has 1 aliphatic rings. The maximum Gasteiger partial charge on any atom is 0.317 e. The van der Waals surface area contributed by atoms with Gasteiger partial charge in [0.2, 0.25) is 0 Å². The highest BCUT2D eigenvalue weighted by molar-refractivity contribution is 5.74. The van der Waals surface area contributed by atoms with E-state index in [2.05, 4.69) is 10.3 Å². The summed E-state index contributed by atoms with van der Waals surface area (Å²) >= 11 is 0. The summed E-state index contributed by atoms with van der Waals surface area (Å²) in [6, 6.07) is 17.8. The van der Waals surface area contributed by atoms with E-state index in [-0.39, 0.29) is 11.9 Å². The van der Waals surface area contributed by atoms with Gasteiger partial charge >= 0.3 is 6.03 Å². The normalized spacial score (nSPS) is 15.4. The number of carbonyl (C=O) groups excluding carboxylic acids is 1. The molecule has 0 radical (unpaired) electrons. The maximum atomic E-state index is 12.3.